The molecule has 0 N–H and O–H groups in total. The van der Waals surface area contributed by atoms with Gasteiger partial charge < -0.3 is 4.90 Å². The molecule has 0 atom stereocenters. The van der Waals surface area contributed by atoms with Crippen LogP contribution in [0.25, 0.3) is 22.2 Å². The second-order valence-electron chi connectivity index (χ2n) is 7.60. The van der Waals surface area contributed by atoms with Gasteiger partial charge in [-0.2, -0.15) is 0 Å². The van der Waals surface area contributed by atoms with Gasteiger partial charge in [0, 0.05) is 24.0 Å². The summed E-state index contributed by atoms with van der Waals surface area (Å²) in [6.45, 7) is 5.85. The van der Waals surface area contributed by atoms with Crippen molar-refractivity contribution in [2.45, 2.75) is 39.5 Å². The molecule has 3 nitrogen and oxygen atoms in total. The van der Waals surface area contributed by atoms with E-state index in [1.807, 2.05) is 23.1 Å². The number of benzene rings is 2. The molecule has 0 spiro atoms. The molecule has 3 heteroatoms. The lowest BCUT2D eigenvalue weighted by Crippen LogP contribution is -2.32. The van der Waals surface area contributed by atoms with Crippen molar-refractivity contribution in [3.05, 3.63) is 65.2 Å². The van der Waals surface area contributed by atoms with E-state index in [2.05, 4.69) is 44.2 Å². The molecule has 1 saturated heterocycles. The first kappa shape index (κ1) is 17.7. The SMILES string of the molecule is Cc1ccc(-c2cc(C(=O)N3CCCCCC3)c3cccc(C)c3n2)cc1. The smallest absolute Gasteiger partial charge is 0.254 e. The van der Waals surface area contributed by atoms with Crippen molar-refractivity contribution in [1.82, 2.24) is 9.88 Å². The molecule has 2 aromatic carbocycles. The number of rotatable bonds is 2. The van der Waals surface area contributed by atoms with E-state index < -0.39 is 0 Å². The number of likely N-dealkylation sites (tertiary alicyclic amines) is 1. The van der Waals surface area contributed by atoms with Crippen molar-refractivity contribution in [1.29, 1.82) is 0 Å². The van der Waals surface area contributed by atoms with Gasteiger partial charge in [-0.05, 0) is 38.3 Å². The van der Waals surface area contributed by atoms with Gasteiger partial charge in [-0.25, -0.2) is 4.98 Å². The Labute approximate surface area is 161 Å². The van der Waals surface area contributed by atoms with E-state index in [-0.39, 0.29) is 5.91 Å². The zero-order chi connectivity index (χ0) is 18.8. The molecule has 1 aliphatic heterocycles. The molecule has 2 heterocycles. The fourth-order valence-electron chi connectivity index (χ4n) is 3.89. The fourth-order valence-corrected chi connectivity index (χ4v) is 3.89. The second kappa shape index (κ2) is 7.51. The third kappa shape index (κ3) is 3.59. The van der Waals surface area contributed by atoms with E-state index in [0.717, 1.165) is 59.2 Å². The average molecular weight is 358 g/mol. The Morgan fingerprint density at radius 3 is 2.33 bits per heavy atom. The summed E-state index contributed by atoms with van der Waals surface area (Å²) in [6, 6.07) is 16.5. The zero-order valence-corrected chi connectivity index (χ0v) is 16.2. The number of aromatic nitrogens is 1. The summed E-state index contributed by atoms with van der Waals surface area (Å²) in [5, 5.41) is 0.958. The highest BCUT2D eigenvalue weighted by molar-refractivity contribution is 6.07. The molecule has 138 valence electrons. The van der Waals surface area contributed by atoms with Crippen LogP contribution in [0.4, 0.5) is 0 Å². The minimum Gasteiger partial charge on any atom is -0.339 e. The Morgan fingerprint density at radius 2 is 1.63 bits per heavy atom. The number of hydrogen-bond acceptors (Lipinski definition) is 2. The van der Waals surface area contributed by atoms with Crippen molar-refractivity contribution in [3.63, 3.8) is 0 Å². The van der Waals surface area contributed by atoms with Gasteiger partial charge in [0.2, 0.25) is 0 Å². The molecule has 27 heavy (non-hydrogen) atoms. The third-order valence-corrected chi connectivity index (χ3v) is 5.51. The normalized spacial score (nSPS) is 15.0. The number of hydrogen-bond donors (Lipinski definition) is 0. The summed E-state index contributed by atoms with van der Waals surface area (Å²) >= 11 is 0. The standard InChI is InChI=1S/C24H26N2O/c1-17-10-12-19(13-11-17)22-16-21(20-9-7-8-18(2)23(20)25-22)24(27)26-14-5-3-4-6-15-26/h7-13,16H,3-6,14-15H2,1-2H3. The van der Waals surface area contributed by atoms with Gasteiger partial charge in [0.1, 0.15) is 0 Å². The Kier molecular flexibility index (Phi) is 4.93. The average Bonchev–Trinajstić information content (AvgIpc) is 2.97. The highest BCUT2D eigenvalue weighted by Gasteiger charge is 2.21. The number of carbonyl (C=O) groups is 1. The molecule has 0 aliphatic carbocycles. The first-order valence-electron chi connectivity index (χ1n) is 9.90. The molecule has 0 saturated carbocycles. The van der Waals surface area contributed by atoms with E-state index in [4.69, 9.17) is 4.98 Å². The summed E-state index contributed by atoms with van der Waals surface area (Å²) in [6.07, 6.45) is 4.63. The Morgan fingerprint density at radius 1 is 0.926 bits per heavy atom. The molecule has 0 bridgehead atoms. The maximum Gasteiger partial charge on any atom is 0.254 e. The van der Waals surface area contributed by atoms with Crippen LogP contribution in [0.15, 0.2) is 48.5 Å². The van der Waals surface area contributed by atoms with Gasteiger partial charge >= 0.3 is 0 Å². The van der Waals surface area contributed by atoms with Crippen LogP contribution >= 0.6 is 0 Å². The molecule has 0 radical (unpaired) electrons. The van der Waals surface area contributed by atoms with E-state index >= 15 is 0 Å². The lowest BCUT2D eigenvalue weighted by atomic mass is 10.0. The molecule has 1 aromatic heterocycles. The maximum atomic E-state index is 13.4. The number of para-hydroxylation sites is 1. The minimum atomic E-state index is 0.142. The summed E-state index contributed by atoms with van der Waals surface area (Å²) in [5.41, 5.74) is 5.95. The molecule has 1 aliphatic rings. The van der Waals surface area contributed by atoms with Crippen molar-refractivity contribution < 1.29 is 4.79 Å². The Hall–Kier alpha value is -2.68. The molecular formula is C24H26N2O. The molecule has 1 amide bonds. The van der Waals surface area contributed by atoms with Crippen LogP contribution < -0.4 is 0 Å². The topological polar surface area (TPSA) is 33.2 Å². The monoisotopic (exact) mass is 358 g/mol. The van der Waals surface area contributed by atoms with Crippen LogP contribution in [0.2, 0.25) is 0 Å². The zero-order valence-electron chi connectivity index (χ0n) is 16.2. The van der Waals surface area contributed by atoms with Gasteiger partial charge in [0.15, 0.2) is 0 Å². The minimum absolute atomic E-state index is 0.142. The molecule has 3 aromatic rings. The summed E-state index contributed by atoms with van der Waals surface area (Å²) < 4.78 is 0. The molecule has 4 rings (SSSR count). The number of amides is 1. The van der Waals surface area contributed by atoms with Crippen LogP contribution in [0.3, 0.4) is 0 Å². The fraction of sp³-hybridized carbons (Fsp3) is 0.333. The number of fused-ring (bicyclic) bond motifs is 1. The number of nitrogens with zero attached hydrogens (tertiary/aromatic N) is 2. The summed E-state index contributed by atoms with van der Waals surface area (Å²) in [7, 11) is 0. The predicted molar refractivity (Wildman–Crippen MR) is 111 cm³/mol. The third-order valence-electron chi connectivity index (χ3n) is 5.51. The highest BCUT2D eigenvalue weighted by Crippen LogP contribution is 2.28. The van der Waals surface area contributed by atoms with Gasteiger partial charge in [-0.1, -0.05) is 60.9 Å². The van der Waals surface area contributed by atoms with Gasteiger partial charge in [-0.3, -0.25) is 4.79 Å². The second-order valence-corrected chi connectivity index (χ2v) is 7.60. The van der Waals surface area contributed by atoms with Crippen LogP contribution in [0, 0.1) is 13.8 Å². The number of pyridine rings is 1. The van der Waals surface area contributed by atoms with Crippen LogP contribution in [-0.2, 0) is 0 Å². The lowest BCUT2D eigenvalue weighted by molar-refractivity contribution is 0.0763. The molecule has 0 unspecified atom stereocenters. The predicted octanol–water partition coefficient (Wildman–Crippen LogP) is 5.53. The quantitative estimate of drug-likeness (QED) is 0.603. The summed E-state index contributed by atoms with van der Waals surface area (Å²) in [5.74, 6) is 0.142. The van der Waals surface area contributed by atoms with Crippen LogP contribution in [-0.4, -0.2) is 28.9 Å². The van der Waals surface area contributed by atoms with Gasteiger partial charge in [-0.15, -0.1) is 0 Å². The van der Waals surface area contributed by atoms with E-state index in [1.54, 1.807) is 0 Å². The first-order chi connectivity index (χ1) is 13.1. The van der Waals surface area contributed by atoms with E-state index in [1.165, 1.54) is 18.4 Å². The molecular weight excluding hydrogens is 332 g/mol. The van der Waals surface area contributed by atoms with Crippen molar-refractivity contribution in [2.24, 2.45) is 0 Å². The first-order valence-corrected chi connectivity index (χ1v) is 9.90. The molecule has 1 fully saturated rings. The maximum absolute atomic E-state index is 13.4. The van der Waals surface area contributed by atoms with E-state index in [9.17, 15) is 4.79 Å². The number of carbonyl (C=O) groups excluding carboxylic acids is 1. The Bertz CT molecular complexity index is 968. The van der Waals surface area contributed by atoms with Crippen LogP contribution in [0.5, 0.6) is 0 Å². The van der Waals surface area contributed by atoms with Gasteiger partial charge in [0.25, 0.3) is 5.91 Å². The van der Waals surface area contributed by atoms with Crippen LogP contribution in [0.1, 0.15) is 47.2 Å². The van der Waals surface area contributed by atoms with Gasteiger partial charge in [0.05, 0.1) is 16.8 Å². The Balaban J connectivity index is 1.86. The lowest BCUT2D eigenvalue weighted by Gasteiger charge is -2.22. The van der Waals surface area contributed by atoms with Crippen molar-refractivity contribution >= 4 is 16.8 Å². The summed E-state index contributed by atoms with van der Waals surface area (Å²) in [4.78, 5) is 20.4. The number of aryl methyl sites for hydroxylation is 2. The van der Waals surface area contributed by atoms with E-state index in [0.29, 0.717) is 0 Å². The highest BCUT2D eigenvalue weighted by atomic mass is 16.2. The van der Waals surface area contributed by atoms with Crippen molar-refractivity contribution in [3.8, 4) is 11.3 Å². The van der Waals surface area contributed by atoms with Crippen molar-refractivity contribution in [2.75, 3.05) is 13.1 Å². The largest absolute Gasteiger partial charge is 0.339 e.